The largest absolute Gasteiger partial charge is 0.471 e. The van der Waals surface area contributed by atoms with Crippen LogP contribution >= 0.6 is 15.9 Å². The fourth-order valence-electron chi connectivity index (χ4n) is 2.92. The highest BCUT2D eigenvalue weighted by Crippen LogP contribution is 2.21. The molecule has 2 heterocycles. The monoisotopic (exact) mass is 459 g/mol. The predicted octanol–water partition coefficient (Wildman–Crippen LogP) is 4.33. The molecule has 0 aliphatic rings. The number of carbonyl (C=O) groups excluding carboxylic acids is 1. The Morgan fingerprint density at radius 2 is 2.00 bits per heavy atom. The number of hydrogen-bond acceptors (Lipinski definition) is 4. The quantitative estimate of drug-likeness (QED) is 0.543. The number of amides is 1. The molecule has 154 valence electrons. The Balaban J connectivity index is 1.53. The van der Waals surface area contributed by atoms with Crippen molar-refractivity contribution in [3.8, 4) is 5.75 Å². The smallest absolute Gasteiger partial charge is 0.229 e. The number of benzene rings is 1. The minimum Gasteiger partial charge on any atom is -0.471 e. The van der Waals surface area contributed by atoms with Crippen LogP contribution in [0.1, 0.15) is 30.8 Å². The van der Waals surface area contributed by atoms with E-state index in [0.29, 0.717) is 12.2 Å². The van der Waals surface area contributed by atoms with E-state index >= 15 is 0 Å². The first-order valence-electron chi connectivity index (χ1n) is 9.62. The number of hydrogen-bond donors (Lipinski definition) is 1. The summed E-state index contributed by atoms with van der Waals surface area (Å²) in [5.41, 5.74) is 3.84. The van der Waals surface area contributed by atoms with Crippen LogP contribution in [0.3, 0.4) is 0 Å². The fraction of sp³-hybridized carbons (Fsp3) is 0.381. The summed E-state index contributed by atoms with van der Waals surface area (Å²) in [6.07, 6.45) is 4.37. The summed E-state index contributed by atoms with van der Waals surface area (Å²) in [7, 11) is 0. The van der Waals surface area contributed by atoms with Gasteiger partial charge < -0.3 is 10.1 Å². The number of aryl methyl sites for hydroxylation is 2. The van der Waals surface area contributed by atoms with Gasteiger partial charge in [0.05, 0.1) is 40.7 Å². The summed E-state index contributed by atoms with van der Waals surface area (Å²) in [6, 6.07) is 7.99. The van der Waals surface area contributed by atoms with Gasteiger partial charge in [0.15, 0.2) is 6.73 Å². The van der Waals surface area contributed by atoms with E-state index in [1.807, 2.05) is 49.7 Å². The lowest BCUT2D eigenvalue weighted by Gasteiger charge is -2.12. The molecule has 0 radical (unpaired) electrons. The molecule has 0 saturated heterocycles. The van der Waals surface area contributed by atoms with Gasteiger partial charge in [0.25, 0.3) is 0 Å². The SMILES string of the molecule is CCc1ccc(OCn2cc(NC(=O)C(C)Cn3nc(C)c(Br)c3C)cn2)cc1. The van der Waals surface area contributed by atoms with Gasteiger partial charge in [0.2, 0.25) is 5.91 Å². The zero-order valence-electron chi connectivity index (χ0n) is 17.1. The molecular formula is C21H26BrN5O2. The fourth-order valence-corrected chi connectivity index (χ4v) is 3.21. The average Bonchev–Trinajstić information content (AvgIpc) is 3.26. The molecule has 1 N–H and O–H groups in total. The van der Waals surface area contributed by atoms with Gasteiger partial charge in [0.1, 0.15) is 5.75 Å². The molecule has 1 atom stereocenters. The zero-order valence-corrected chi connectivity index (χ0v) is 18.7. The molecule has 1 amide bonds. The van der Waals surface area contributed by atoms with Crippen LogP contribution in [0.5, 0.6) is 5.75 Å². The van der Waals surface area contributed by atoms with Gasteiger partial charge in [-0.25, -0.2) is 4.68 Å². The van der Waals surface area contributed by atoms with Crippen molar-refractivity contribution in [1.29, 1.82) is 0 Å². The number of nitrogens with one attached hydrogen (secondary N) is 1. The van der Waals surface area contributed by atoms with Crippen molar-refractivity contribution in [2.75, 3.05) is 5.32 Å². The molecule has 0 fully saturated rings. The van der Waals surface area contributed by atoms with Crippen LogP contribution < -0.4 is 10.1 Å². The molecule has 8 heteroatoms. The molecule has 0 saturated carbocycles. The van der Waals surface area contributed by atoms with Crippen LogP contribution in [0.15, 0.2) is 41.1 Å². The summed E-state index contributed by atoms with van der Waals surface area (Å²) in [4.78, 5) is 12.5. The van der Waals surface area contributed by atoms with Crippen molar-refractivity contribution >= 4 is 27.5 Å². The zero-order chi connectivity index (χ0) is 21.0. The van der Waals surface area contributed by atoms with Gasteiger partial charge in [-0.3, -0.25) is 9.48 Å². The molecule has 0 spiro atoms. The summed E-state index contributed by atoms with van der Waals surface area (Å²) in [5, 5.41) is 11.6. The third kappa shape index (κ3) is 5.26. The van der Waals surface area contributed by atoms with Crippen molar-refractivity contribution in [2.24, 2.45) is 5.92 Å². The number of rotatable bonds is 8. The molecule has 0 aliphatic heterocycles. The lowest BCUT2D eigenvalue weighted by atomic mass is 10.1. The normalized spacial score (nSPS) is 12.0. The predicted molar refractivity (Wildman–Crippen MR) is 116 cm³/mol. The number of ether oxygens (including phenoxy) is 1. The maximum atomic E-state index is 12.5. The van der Waals surface area contributed by atoms with Gasteiger partial charge in [0, 0.05) is 5.69 Å². The second-order valence-corrected chi connectivity index (χ2v) is 7.89. The maximum Gasteiger partial charge on any atom is 0.229 e. The van der Waals surface area contributed by atoms with E-state index in [1.54, 1.807) is 17.1 Å². The van der Waals surface area contributed by atoms with Crippen LogP contribution in [0, 0.1) is 19.8 Å². The average molecular weight is 460 g/mol. The molecular weight excluding hydrogens is 434 g/mol. The number of halogens is 1. The second-order valence-electron chi connectivity index (χ2n) is 7.10. The van der Waals surface area contributed by atoms with Crippen LogP contribution in [0.25, 0.3) is 0 Å². The maximum absolute atomic E-state index is 12.5. The molecule has 29 heavy (non-hydrogen) atoms. The Bertz CT molecular complexity index is 978. The molecule has 3 rings (SSSR count). The second kappa shape index (κ2) is 9.26. The third-order valence-electron chi connectivity index (χ3n) is 4.78. The first-order valence-corrected chi connectivity index (χ1v) is 10.4. The number of aromatic nitrogens is 4. The Kier molecular flexibility index (Phi) is 6.74. The molecule has 1 aromatic carbocycles. The number of anilines is 1. The van der Waals surface area contributed by atoms with Gasteiger partial charge in [-0.2, -0.15) is 10.2 Å². The first-order chi connectivity index (χ1) is 13.9. The highest BCUT2D eigenvalue weighted by Gasteiger charge is 2.18. The van der Waals surface area contributed by atoms with E-state index in [1.165, 1.54) is 5.56 Å². The molecule has 0 bridgehead atoms. The summed E-state index contributed by atoms with van der Waals surface area (Å²) in [5.74, 6) is 0.467. The Morgan fingerprint density at radius 1 is 1.28 bits per heavy atom. The minimum absolute atomic E-state index is 0.0794. The van der Waals surface area contributed by atoms with Crippen LogP contribution in [0.4, 0.5) is 5.69 Å². The van der Waals surface area contributed by atoms with Crippen LogP contribution in [-0.4, -0.2) is 25.5 Å². The summed E-state index contributed by atoms with van der Waals surface area (Å²) >= 11 is 3.52. The van der Waals surface area contributed by atoms with E-state index in [2.05, 4.69) is 38.4 Å². The lowest BCUT2D eigenvalue weighted by Crippen LogP contribution is -2.25. The van der Waals surface area contributed by atoms with Gasteiger partial charge in [-0.1, -0.05) is 26.0 Å². The molecule has 2 aromatic heterocycles. The van der Waals surface area contributed by atoms with E-state index in [0.717, 1.165) is 28.0 Å². The topological polar surface area (TPSA) is 74.0 Å². The molecule has 0 aliphatic carbocycles. The first kappa shape index (κ1) is 21.1. The number of nitrogens with zero attached hydrogens (tertiary/aromatic N) is 4. The standard InChI is InChI=1S/C21H26BrN5O2/c1-5-17-6-8-19(9-7-17)29-13-26-12-18(10-23-26)24-21(28)14(2)11-27-16(4)20(22)15(3)25-27/h6-10,12,14H,5,11,13H2,1-4H3,(H,24,28). The van der Waals surface area contributed by atoms with E-state index < -0.39 is 0 Å². The Labute approximate surface area is 179 Å². The van der Waals surface area contributed by atoms with Gasteiger partial charge >= 0.3 is 0 Å². The van der Waals surface area contributed by atoms with Crippen LogP contribution in [0.2, 0.25) is 0 Å². The minimum atomic E-state index is -0.239. The highest BCUT2D eigenvalue weighted by atomic mass is 79.9. The van der Waals surface area contributed by atoms with Crippen molar-refractivity contribution in [3.05, 3.63) is 58.1 Å². The Morgan fingerprint density at radius 3 is 2.62 bits per heavy atom. The highest BCUT2D eigenvalue weighted by molar-refractivity contribution is 9.10. The summed E-state index contributed by atoms with van der Waals surface area (Å²) < 4.78 is 10.2. The van der Waals surface area contributed by atoms with Crippen molar-refractivity contribution in [3.63, 3.8) is 0 Å². The third-order valence-corrected chi connectivity index (χ3v) is 5.93. The van der Waals surface area contributed by atoms with E-state index in [9.17, 15) is 4.79 Å². The molecule has 3 aromatic rings. The summed E-state index contributed by atoms with van der Waals surface area (Å²) in [6.45, 7) is 8.70. The van der Waals surface area contributed by atoms with Crippen molar-refractivity contribution in [2.45, 2.75) is 47.4 Å². The van der Waals surface area contributed by atoms with E-state index in [4.69, 9.17) is 4.74 Å². The number of carbonyl (C=O) groups is 1. The van der Waals surface area contributed by atoms with Gasteiger partial charge in [-0.05, 0) is 53.9 Å². The van der Waals surface area contributed by atoms with E-state index in [-0.39, 0.29) is 18.6 Å². The van der Waals surface area contributed by atoms with Crippen LogP contribution in [-0.2, 0) is 24.5 Å². The molecule has 1 unspecified atom stereocenters. The van der Waals surface area contributed by atoms with Crippen molar-refractivity contribution in [1.82, 2.24) is 19.6 Å². The van der Waals surface area contributed by atoms with Gasteiger partial charge in [-0.15, -0.1) is 0 Å². The lowest BCUT2D eigenvalue weighted by molar-refractivity contribution is -0.119. The molecule has 7 nitrogen and oxygen atoms in total. The Hall–Kier alpha value is -2.61. The van der Waals surface area contributed by atoms with Crippen molar-refractivity contribution < 1.29 is 9.53 Å².